The van der Waals surface area contributed by atoms with E-state index in [1.54, 1.807) is 12.1 Å². The number of benzene rings is 1. The standard InChI is InChI=1S/C12H7Cl2NO2.Na/c13-10-5-9(17)6-11(14)12(10)15-7-1-3-8(16)4-2-7;/h1-6,16H;/q;+1/p-1. The van der Waals surface area contributed by atoms with E-state index in [2.05, 4.69) is 4.99 Å². The predicted molar refractivity (Wildman–Crippen MR) is 65.9 cm³/mol. The normalized spacial score (nSPS) is 14.6. The van der Waals surface area contributed by atoms with E-state index in [1.165, 1.54) is 24.3 Å². The molecule has 0 spiro atoms. The molecule has 0 N–H and O–H groups in total. The molecule has 1 aliphatic carbocycles. The number of carbonyl (C=O) groups is 1. The van der Waals surface area contributed by atoms with Crippen LogP contribution in [0.2, 0.25) is 0 Å². The summed E-state index contributed by atoms with van der Waals surface area (Å²) in [6, 6.07) is 5.89. The summed E-state index contributed by atoms with van der Waals surface area (Å²) < 4.78 is 0. The van der Waals surface area contributed by atoms with Gasteiger partial charge in [0, 0.05) is 12.2 Å². The van der Waals surface area contributed by atoms with E-state index >= 15 is 0 Å². The number of carbonyl (C=O) groups excluding carboxylic acids is 1. The van der Waals surface area contributed by atoms with Crippen molar-refractivity contribution in [3.8, 4) is 5.75 Å². The molecule has 1 aliphatic rings. The minimum absolute atomic E-state index is 0. The van der Waals surface area contributed by atoms with Crippen molar-refractivity contribution in [3.63, 3.8) is 0 Å². The second kappa shape index (κ2) is 6.55. The number of hydrogen-bond acceptors (Lipinski definition) is 3. The molecule has 0 aliphatic heterocycles. The van der Waals surface area contributed by atoms with Crippen LogP contribution in [0.15, 0.2) is 51.5 Å². The van der Waals surface area contributed by atoms with Crippen molar-refractivity contribution in [1.82, 2.24) is 0 Å². The van der Waals surface area contributed by atoms with Gasteiger partial charge in [0.1, 0.15) is 5.71 Å². The summed E-state index contributed by atoms with van der Waals surface area (Å²) >= 11 is 11.8. The van der Waals surface area contributed by atoms with Gasteiger partial charge in [0.05, 0.1) is 15.8 Å². The maximum atomic E-state index is 11.1. The fourth-order valence-electron chi connectivity index (χ4n) is 1.30. The van der Waals surface area contributed by atoms with Crippen LogP contribution in [-0.2, 0) is 4.79 Å². The van der Waals surface area contributed by atoms with Gasteiger partial charge in [-0.05, 0) is 12.1 Å². The minimum Gasteiger partial charge on any atom is -0.872 e. The van der Waals surface area contributed by atoms with Crippen LogP contribution in [0.3, 0.4) is 0 Å². The molecule has 0 fully saturated rings. The third-order valence-corrected chi connectivity index (χ3v) is 2.64. The Balaban J connectivity index is 0.00000162. The zero-order valence-electron chi connectivity index (χ0n) is 9.48. The smallest absolute Gasteiger partial charge is 0.872 e. The predicted octanol–water partition coefficient (Wildman–Crippen LogP) is -0.335. The molecular weight excluding hydrogens is 284 g/mol. The van der Waals surface area contributed by atoms with Gasteiger partial charge in [0.15, 0.2) is 5.78 Å². The summed E-state index contributed by atoms with van der Waals surface area (Å²) in [5.41, 5.74) is 0.874. The molecule has 6 heteroatoms. The largest absolute Gasteiger partial charge is 1.00 e. The molecule has 0 radical (unpaired) electrons. The van der Waals surface area contributed by atoms with Gasteiger partial charge < -0.3 is 5.11 Å². The summed E-state index contributed by atoms with van der Waals surface area (Å²) in [6.07, 6.45) is 2.49. The molecular formula is C12H6Cl2NNaO2. The molecule has 18 heavy (non-hydrogen) atoms. The average molecular weight is 290 g/mol. The third-order valence-electron chi connectivity index (χ3n) is 2.07. The monoisotopic (exact) mass is 289 g/mol. The van der Waals surface area contributed by atoms with Crippen molar-refractivity contribution < 1.29 is 39.5 Å². The van der Waals surface area contributed by atoms with Gasteiger partial charge in [-0.2, -0.15) is 0 Å². The molecule has 1 aromatic rings. The van der Waals surface area contributed by atoms with Crippen LogP contribution in [0.1, 0.15) is 0 Å². The topological polar surface area (TPSA) is 52.5 Å². The summed E-state index contributed by atoms with van der Waals surface area (Å²) in [5.74, 6) is -0.370. The summed E-state index contributed by atoms with van der Waals surface area (Å²) in [6.45, 7) is 0. The fraction of sp³-hybridized carbons (Fsp3) is 0. The molecule has 0 atom stereocenters. The van der Waals surface area contributed by atoms with Gasteiger partial charge in [0.2, 0.25) is 0 Å². The number of aliphatic imine (C=N–C) groups is 1. The minimum atomic E-state index is -0.270. The van der Waals surface area contributed by atoms with Crippen LogP contribution >= 0.6 is 23.2 Å². The van der Waals surface area contributed by atoms with Crippen LogP contribution in [0.25, 0.3) is 0 Å². The van der Waals surface area contributed by atoms with Gasteiger partial charge in [-0.15, -0.1) is 5.75 Å². The molecule has 0 unspecified atom stereocenters. The van der Waals surface area contributed by atoms with Gasteiger partial charge >= 0.3 is 29.6 Å². The van der Waals surface area contributed by atoms with E-state index in [0.717, 1.165) is 0 Å². The molecule has 2 rings (SSSR count). The molecule has 86 valence electrons. The second-order valence-corrected chi connectivity index (χ2v) is 4.16. The van der Waals surface area contributed by atoms with Crippen molar-refractivity contribution in [2.45, 2.75) is 0 Å². The number of halogens is 2. The Bertz CT molecular complexity index is 538. The first kappa shape index (κ1) is 15.5. The average Bonchev–Trinajstić information content (AvgIpc) is 2.26. The summed E-state index contributed by atoms with van der Waals surface area (Å²) in [5, 5.41) is 11.3. The molecule has 0 amide bonds. The van der Waals surface area contributed by atoms with Crippen molar-refractivity contribution in [2.24, 2.45) is 4.99 Å². The van der Waals surface area contributed by atoms with Gasteiger partial charge in [-0.1, -0.05) is 35.3 Å². The van der Waals surface area contributed by atoms with Crippen LogP contribution in [0.4, 0.5) is 5.69 Å². The zero-order valence-corrected chi connectivity index (χ0v) is 13.0. The Kier molecular flexibility index (Phi) is 5.63. The van der Waals surface area contributed by atoms with Gasteiger partial charge in [-0.25, -0.2) is 4.99 Å². The molecule has 0 heterocycles. The third kappa shape index (κ3) is 3.70. The Hall–Kier alpha value is -0.580. The van der Waals surface area contributed by atoms with Crippen molar-refractivity contribution >= 4 is 40.4 Å². The fourth-order valence-corrected chi connectivity index (χ4v) is 1.85. The quantitative estimate of drug-likeness (QED) is 0.525. The molecule has 0 saturated carbocycles. The van der Waals surface area contributed by atoms with Gasteiger partial charge in [-0.3, -0.25) is 4.79 Å². The zero-order chi connectivity index (χ0) is 12.4. The number of allylic oxidation sites excluding steroid dienone is 4. The maximum Gasteiger partial charge on any atom is 1.00 e. The SMILES string of the molecule is O=C1C=C(Cl)C(=Nc2ccc([O-])cc2)C(Cl)=C1.[Na+]. The maximum absolute atomic E-state index is 11.1. The summed E-state index contributed by atoms with van der Waals surface area (Å²) in [7, 11) is 0. The number of nitrogens with zero attached hydrogens (tertiary/aromatic N) is 1. The van der Waals surface area contributed by atoms with E-state index in [-0.39, 0.29) is 51.2 Å². The Morgan fingerprint density at radius 2 is 1.50 bits per heavy atom. The van der Waals surface area contributed by atoms with Crippen molar-refractivity contribution in [2.75, 3.05) is 0 Å². The van der Waals surface area contributed by atoms with Crippen LogP contribution in [-0.4, -0.2) is 11.5 Å². The molecule has 3 nitrogen and oxygen atoms in total. The first-order chi connectivity index (χ1) is 8.06. The van der Waals surface area contributed by atoms with E-state index < -0.39 is 0 Å². The van der Waals surface area contributed by atoms with E-state index in [4.69, 9.17) is 23.2 Å². The Morgan fingerprint density at radius 1 is 1.00 bits per heavy atom. The van der Waals surface area contributed by atoms with E-state index in [9.17, 15) is 9.90 Å². The molecule has 1 aromatic carbocycles. The van der Waals surface area contributed by atoms with Crippen LogP contribution in [0, 0.1) is 0 Å². The van der Waals surface area contributed by atoms with Crippen molar-refractivity contribution in [3.05, 3.63) is 46.5 Å². The van der Waals surface area contributed by atoms with Crippen LogP contribution < -0.4 is 34.7 Å². The Morgan fingerprint density at radius 3 is 2.00 bits per heavy atom. The molecule has 0 aromatic heterocycles. The molecule has 0 bridgehead atoms. The van der Waals surface area contributed by atoms with E-state index in [1.807, 2.05) is 0 Å². The Labute approximate surface area is 136 Å². The van der Waals surface area contributed by atoms with Gasteiger partial charge in [0.25, 0.3) is 0 Å². The van der Waals surface area contributed by atoms with Crippen molar-refractivity contribution in [1.29, 1.82) is 0 Å². The number of hydrogen-bond donors (Lipinski definition) is 0. The van der Waals surface area contributed by atoms with Crippen LogP contribution in [0.5, 0.6) is 5.75 Å². The first-order valence-corrected chi connectivity index (χ1v) is 5.47. The number of ketones is 1. The second-order valence-electron chi connectivity index (χ2n) is 3.34. The summed E-state index contributed by atoms with van der Waals surface area (Å²) in [4.78, 5) is 15.3. The first-order valence-electron chi connectivity index (χ1n) is 4.71. The molecule has 0 saturated heterocycles. The number of rotatable bonds is 1. The van der Waals surface area contributed by atoms with E-state index in [0.29, 0.717) is 11.4 Å².